The molecule has 0 amide bonds. The van der Waals surface area contributed by atoms with Crippen LogP contribution in [0.2, 0.25) is 0 Å². The van der Waals surface area contributed by atoms with Crippen molar-refractivity contribution in [3.63, 3.8) is 0 Å². The van der Waals surface area contributed by atoms with Crippen LogP contribution in [-0.2, 0) is 0 Å². The fraction of sp³-hybridized carbons (Fsp3) is 0.583. The fourth-order valence-electron chi connectivity index (χ4n) is 1.96. The Morgan fingerprint density at radius 3 is 2.93 bits per heavy atom. The van der Waals surface area contributed by atoms with Gasteiger partial charge in [0.25, 0.3) is 0 Å². The molecule has 0 unspecified atom stereocenters. The molecule has 3 nitrogen and oxygen atoms in total. The Balaban J connectivity index is 2.12. The molecule has 1 fully saturated rings. The smallest absolute Gasteiger partial charge is 0.128 e. The Morgan fingerprint density at radius 2 is 2.27 bits per heavy atom. The third kappa shape index (κ3) is 2.29. The molecule has 2 rings (SSSR count). The van der Waals surface area contributed by atoms with Crippen LogP contribution >= 0.6 is 0 Å². The van der Waals surface area contributed by atoms with E-state index in [0.717, 1.165) is 24.5 Å². The molecule has 82 valence electrons. The molecule has 0 aliphatic carbocycles. The van der Waals surface area contributed by atoms with E-state index in [2.05, 4.69) is 16.8 Å². The predicted octanol–water partition coefficient (Wildman–Crippen LogP) is 1.60. The summed E-state index contributed by atoms with van der Waals surface area (Å²) in [6.45, 7) is 5.80. The van der Waals surface area contributed by atoms with Gasteiger partial charge in [0.1, 0.15) is 5.82 Å². The van der Waals surface area contributed by atoms with Crippen molar-refractivity contribution in [3.05, 3.63) is 23.9 Å². The first-order valence-electron chi connectivity index (χ1n) is 5.53. The number of aliphatic hydroxyl groups excluding tert-OH is 1. The van der Waals surface area contributed by atoms with Crippen LogP contribution in [0, 0.1) is 12.8 Å². The van der Waals surface area contributed by atoms with Crippen molar-refractivity contribution in [2.24, 2.45) is 5.92 Å². The fourth-order valence-corrected chi connectivity index (χ4v) is 1.96. The van der Waals surface area contributed by atoms with E-state index in [1.54, 1.807) is 0 Å². The molecule has 15 heavy (non-hydrogen) atoms. The third-order valence-corrected chi connectivity index (χ3v) is 3.12. The Morgan fingerprint density at radius 1 is 1.47 bits per heavy atom. The van der Waals surface area contributed by atoms with Crippen molar-refractivity contribution in [1.29, 1.82) is 0 Å². The summed E-state index contributed by atoms with van der Waals surface area (Å²) in [4.78, 5) is 6.64. The number of nitrogens with zero attached hydrogens (tertiary/aromatic N) is 2. The van der Waals surface area contributed by atoms with Gasteiger partial charge in [0.05, 0.1) is 6.10 Å². The molecule has 2 atom stereocenters. The number of hydrogen-bond acceptors (Lipinski definition) is 3. The maximum absolute atomic E-state index is 9.81. The topological polar surface area (TPSA) is 36.4 Å². The quantitative estimate of drug-likeness (QED) is 0.758. The van der Waals surface area contributed by atoms with Gasteiger partial charge in [0.15, 0.2) is 0 Å². The molecule has 0 aromatic carbocycles. The van der Waals surface area contributed by atoms with Crippen LogP contribution in [0.5, 0.6) is 0 Å². The largest absolute Gasteiger partial charge is 0.391 e. The van der Waals surface area contributed by atoms with E-state index in [1.807, 2.05) is 25.1 Å². The standard InChI is InChI=1S/C12H18N2O/c1-9-6-7-14(8-11(9)15)12-5-3-4-10(2)13-12/h3-5,9,11,15H,6-8H2,1-2H3/t9-,11+/m0/s1. The van der Waals surface area contributed by atoms with Gasteiger partial charge in [-0.1, -0.05) is 13.0 Å². The second-order valence-corrected chi connectivity index (χ2v) is 4.42. The van der Waals surface area contributed by atoms with Crippen LogP contribution < -0.4 is 4.90 Å². The Hall–Kier alpha value is -1.09. The van der Waals surface area contributed by atoms with E-state index >= 15 is 0 Å². The Labute approximate surface area is 90.8 Å². The van der Waals surface area contributed by atoms with E-state index < -0.39 is 0 Å². The van der Waals surface area contributed by atoms with Crippen molar-refractivity contribution in [2.75, 3.05) is 18.0 Å². The van der Waals surface area contributed by atoms with Crippen molar-refractivity contribution in [3.8, 4) is 0 Å². The van der Waals surface area contributed by atoms with E-state index in [1.165, 1.54) is 0 Å². The number of aliphatic hydroxyl groups is 1. The second-order valence-electron chi connectivity index (χ2n) is 4.42. The lowest BCUT2D eigenvalue weighted by Crippen LogP contribution is -2.43. The van der Waals surface area contributed by atoms with Gasteiger partial charge >= 0.3 is 0 Å². The molecule has 1 aliphatic rings. The van der Waals surface area contributed by atoms with Gasteiger partial charge in [-0.25, -0.2) is 4.98 Å². The van der Waals surface area contributed by atoms with Crippen molar-refractivity contribution < 1.29 is 5.11 Å². The SMILES string of the molecule is Cc1cccc(N2CC[C@H](C)[C@H](O)C2)n1. The highest BCUT2D eigenvalue weighted by Crippen LogP contribution is 2.21. The summed E-state index contributed by atoms with van der Waals surface area (Å²) in [5.41, 5.74) is 1.03. The van der Waals surface area contributed by atoms with Crippen LogP contribution in [0.3, 0.4) is 0 Å². The van der Waals surface area contributed by atoms with Gasteiger partial charge in [-0.05, 0) is 31.4 Å². The zero-order chi connectivity index (χ0) is 10.8. The first kappa shape index (κ1) is 10.4. The van der Waals surface area contributed by atoms with Crippen molar-refractivity contribution >= 4 is 5.82 Å². The van der Waals surface area contributed by atoms with Gasteiger partial charge in [-0.3, -0.25) is 0 Å². The highest BCUT2D eigenvalue weighted by Gasteiger charge is 2.24. The Bertz CT molecular complexity index is 340. The maximum atomic E-state index is 9.81. The van der Waals surface area contributed by atoms with Crippen molar-refractivity contribution in [2.45, 2.75) is 26.4 Å². The number of aryl methyl sites for hydroxylation is 1. The van der Waals surface area contributed by atoms with Crippen LogP contribution in [0.1, 0.15) is 19.0 Å². The van der Waals surface area contributed by atoms with Crippen molar-refractivity contribution in [1.82, 2.24) is 4.98 Å². The maximum Gasteiger partial charge on any atom is 0.128 e. The molecular formula is C12H18N2O. The predicted molar refractivity (Wildman–Crippen MR) is 61.0 cm³/mol. The van der Waals surface area contributed by atoms with Crippen LogP contribution in [-0.4, -0.2) is 29.3 Å². The molecule has 2 heterocycles. The number of hydrogen-bond donors (Lipinski definition) is 1. The van der Waals surface area contributed by atoms with Crippen LogP contribution in [0.15, 0.2) is 18.2 Å². The molecule has 3 heteroatoms. The summed E-state index contributed by atoms with van der Waals surface area (Å²) in [5.74, 6) is 1.40. The third-order valence-electron chi connectivity index (χ3n) is 3.12. The summed E-state index contributed by atoms with van der Waals surface area (Å²) in [5, 5.41) is 9.81. The summed E-state index contributed by atoms with van der Waals surface area (Å²) in [6.07, 6.45) is 0.817. The zero-order valence-electron chi connectivity index (χ0n) is 9.35. The van der Waals surface area contributed by atoms with E-state index in [9.17, 15) is 5.11 Å². The van der Waals surface area contributed by atoms with Gasteiger partial charge in [0, 0.05) is 18.8 Å². The molecule has 1 aromatic heterocycles. The minimum absolute atomic E-state index is 0.221. The highest BCUT2D eigenvalue weighted by molar-refractivity contribution is 5.39. The van der Waals surface area contributed by atoms with Crippen LogP contribution in [0.4, 0.5) is 5.82 Å². The lowest BCUT2D eigenvalue weighted by Gasteiger charge is -2.35. The molecule has 0 radical (unpaired) electrons. The summed E-state index contributed by atoms with van der Waals surface area (Å²) < 4.78 is 0. The molecule has 0 saturated carbocycles. The molecule has 0 spiro atoms. The highest BCUT2D eigenvalue weighted by atomic mass is 16.3. The second kappa shape index (κ2) is 4.19. The molecule has 1 aliphatic heterocycles. The number of piperidine rings is 1. The number of anilines is 1. The molecule has 1 aromatic rings. The summed E-state index contributed by atoms with van der Waals surface area (Å²) >= 11 is 0. The monoisotopic (exact) mass is 206 g/mol. The minimum atomic E-state index is -0.221. The number of pyridine rings is 1. The lowest BCUT2D eigenvalue weighted by molar-refractivity contribution is 0.102. The lowest BCUT2D eigenvalue weighted by atomic mass is 9.96. The van der Waals surface area contributed by atoms with Gasteiger partial charge in [-0.15, -0.1) is 0 Å². The number of β-amino-alcohol motifs (C(OH)–C–C–N with tert-alkyl or cyclic N) is 1. The summed E-state index contributed by atoms with van der Waals surface area (Å²) in [6, 6.07) is 6.02. The molecule has 1 saturated heterocycles. The number of rotatable bonds is 1. The molecule has 0 bridgehead atoms. The normalized spacial score (nSPS) is 26.7. The zero-order valence-corrected chi connectivity index (χ0v) is 9.35. The Kier molecular flexibility index (Phi) is 2.91. The first-order chi connectivity index (χ1) is 7.16. The minimum Gasteiger partial charge on any atom is -0.391 e. The van der Waals surface area contributed by atoms with Gasteiger partial charge in [0.2, 0.25) is 0 Å². The first-order valence-corrected chi connectivity index (χ1v) is 5.53. The average molecular weight is 206 g/mol. The van der Waals surface area contributed by atoms with Gasteiger partial charge < -0.3 is 10.0 Å². The summed E-state index contributed by atoms with van der Waals surface area (Å²) in [7, 11) is 0. The van der Waals surface area contributed by atoms with E-state index in [0.29, 0.717) is 12.5 Å². The molecule has 1 N–H and O–H groups in total. The van der Waals surface area contributed by atoms with E-state index in [4.69, 9.17) is 0 Å². The van der Waals surface area contributed by atoms with Crippen LogP contribution in [0.25, 0.3) is 0 Å². The number of aromatic nitrogens is 1. The van der Waals surface area contributed by atoms with Gasteiger partial charge in [-0.2, -0.15) is 0 Å². The van der Waals surface area contributed by atoms with E-state index in [-0.39, 0.29) is 6.10 Å². The average Bonchev–Trinajstić information content (AvgIpc) is 2.22. The molecular weight excluding hydrogens is 188 g/mol.